The van der Waals surface area contributed by atoms with Crippen LogP contribution in [0.5, 0.6) is 0 Å². The highest BCUT2D eigenvalue weighted by atomic mass is 35.5. The highest BCUT2D eigenvalue weighted by Gasteiger charge is 2.17. The monoisotopic (exact) mass is 255 g/mol. The van der Waals surface area contributed by atoms with Crippen LogP contribution in [-0.4, -0.2) is 9.60 Å². The number of hydrogen-bond donors (Lipinski definition) is 1. The zero-order valence-corrected chi connectivity index (χ0v) is 9.19. The van der Waals surface area contributed by atoms with E-state index in [2.05, 4.69) is 5.43 Å². The summed E-state index contributed by atoms with van der Waals surface area (Å²) < 4.78 is 14.6. The van der Waals surface area contributed by atoms with Crippen LogP contribution < -0.4 is 5.43 Å². The van der Waals surface area contributed by atoms with E-state index in [1.807, 2.05) is 0 Å². The molecule has 0 aliphatic heterocycles. The number of nitro groups is 1. The number of aromatic nitrogens is 1. The lowest BCUT2D eigenvalue weighted by atomic mass is 10.2. The highest BCUT2D eigenvalue weighted by molar-refractivity contribution is 6.31. The molecule has 0 atom stereocenters. The van der Waals surface area contributed by atoms with Gasteiger partial charge in [-0.05, 0) is 18.2 Å². The molecule has 17 heavy (non-hydrogen) atoms. The van der Waals surface area contributed by atoms with Crippen LogP contribution in [0.2, 0.25) is 5.02 Å². The van der Waals surface area contributed by atoms with E-state index in [1.165, 1.54) is 10.7 Å². The first-order valence-electron chi connectivity index (χ1n) is 4.61. The fourth-order valence-corrected chi connectivity index (χ4v) is 1.49. The van der Waals surface area contributed by atoms with E-state index in [9.17, 15) is 14.5 Å². The molecule has 0 saturated heterocycles. The average Bonchev–Trinajstić information content (AvgIpc) is 2.75. The van der Waals surface area contributed by atoms with Gasteiger partial charge in [-0.15, -0.1) is 0 Å². The molecule has 1 aromatic carbocycles. The van der Waals surface area contributed by atoms with Crippen LogP contribution in [0, 0.1) is 15.9 Å². The summed E-state index contributed by atoms with van der Waals surface area (Å²) in [4.78, 5) is 10.1. The molecular weight excluding hydrogens is 249 g/mol. The molecule has 88 valence electrons. The summed E-state index contributed by atoms with van der Waals surface area (Å²) in [7, 11) is 0. The number of nitrogens with one attached hydrogen (secondary N) is 1. The summed E-state index contributed by atoms with van der Waals surface area (Å²) >= 11 is 5.58. The Balaban J connectivity index is 2.44. The van der Waals surface area contributed by atoms with Gasteiger partial charge in [-0.1, -0.05) is 11.6 Å². The summed E-state index contributed by atoms with van der Waals surface area (Å²) in [6.45, 7) is 0. The van der Waals surface area contributed by atoms with Gasteiger partial charge in [0.15, 0.2) is 0 Å². The second-order valence-corrected chi connectivity index (χ2v) is 3.65. The van der Waals surface area contributed by atoms with Gasteiger partial charge in [0.2, 0.25) is 0 Å². The Kier molecular flexibility index (Phi) is 2.97. The third-order valence-electron chi connectivity index (χ3n) is 2.09. The number of nitro benzene ring substituents is 1. The Labute approximate surface area is 101 Å². The quantitative estimate of drug-likeness (QED) is 0.677. The van der Waals surface area contributed by atoms with E-state index in [0.29, 0.717) is 0 Å². The lowest BCUT2D eigenvalue weighted by Crippen LogP contribution is -2.08. The molecule has 5 nitrogen and oxygen atoms in total. The van der Waals surface area contributed by atoms with E-state index in [-0.39, 0.29) is 16.4 Å². The van der Waals surface area contributed by atoms with E-state index < -0.39 is 10.7 Å². The molecule has 0 fully saturated rings. The second-order valence-electron chi connectivity index (χ2n) is 3.24. The normalized spacial score (nSPS) is 10.2. The van der Waals surface area contributed by atoms with Crippen molar-refractivity contribution in [1.29, 1.82) is 0 Å². The topological polar surface area (TPSA) is 60.1 Å². The Morgan fingerprint density at radius 3 is 2.59 bits per heavy atom. The molecule has 0 spiro atoms. The Morgan fingerprint density at radius 2 is 2.00 bits per heavy atom. The minimum Gasteiger partial charge on any atom is -0.288 e. The molecular formula is C10H7ClFN3O2. The standard InChI is InChI=1S/C10H7ClFN3O2/c11-7-5-9(13-14-3-1-2-4-14)10(15(16)17)6-8(7)12/h1-6,13H. The highest BCUT2D eigenvalue weighted by Crippen LogP contribution is 2.30. The summed E-state index contributed by atoms with van der Waals surface area (Å²) in [5.74, 6) is -0.823. The average molecular weight is 256 g/mol. The van der Waals surface area contributed by atoms with Crippen LogP contribution in [0.1, 0.15) is 0 Å². The largest absolute Gasteiger partial charge is 0.297 e. The van der Waals surface area contributed by atoms with E-state index in [4.69, 9.17) is 11.6 Å². The fraction of sp³-hybridized carbons (Fsp3) is 0. The summed E-state index contributed by atoms with van der Waals surface area (Å²) in [5.41, 5.74) is 2.47. The van der Waals surface area contributed by atoms with Gasteiger partial charge in [0.25, 0.3) is 5.69 Å². The third-order valence-corrected chi connectivity index (χ3v) is 2.38. The number of rotatable bonds is 3. The smallest absolute Gasteiger partial charge is 0.288 e. The van der Waals surface area contributed by atoms with Crippen molar-refractivity contribution in [2.24, 2.45) is 0 Å². The minimum atomic E-state index is -0.823. The van der Waals surface area contributed by atoms with E-state index >= 15 is 0 Å². The molecule has 2 rings (SSSR count). The molecule has 1 heterocycles. The first-order chi connectivity index (χ1) is 8.08. The van der Waals surface area contributed by atoms with Gasteiger partial charge in [-0.25, -0.2) is 4.39 Å². The van der Waals surface area contributed by atoms with Crippen LogP contribution in [-0.2, 0) is 0 Å². The van der Waals surface area contributed by atoms with Gasteiger partial charge in [-0.2, -0.15) is 0 Å². The van der Waals surface area contributed by atoms with Crippen LogP contribution in [0.4, 0.5) is 15.8 Å². The third kappa shape index (κ3) is 2.36. The van der Waals surface area contributed by atoms with Crippen molar-refractivity contribution in [3.63, 3.8) is 0 Å². The van der Waals surface area contributed by atoms with Crippen molar-refractivity contribution in [3.05, 3.63) is 57.6 Å². The van der Waals surface area contributed by atoms with Gasteiger partial charge in [-0.3, -0.25) is 20.2 Å². The minimum absolute atomic E-state index is 0.123. The summed E-state index contributed by atoms with van der Waals surface area (Å²) in [5, 5.41) is 10.6. The lowest BCUT2D eigenvalue weighted by molar-refractivity contribution is -0.384. The van der Waals surface area contributed by atoms with Crippen molar-refractivity contribution >= 4 is 23.0 Å². The summed E-state index contributed by atoms with van der Waals surface area (Å²) in [6.07, 6.45) is 3.31. The maximum atomic E-state index is 13.1. The van der Waals surface area contributed by atoms with Crippen LogP contribution in [0.15, 0.2) is 36.7 Å². The maximum Gasteiger partial charge on any atom is 0.297 e. The number of anilines is 1. The van der Waals surface area contributed by atoms with Crippen LogP contribution in [0.3, 0.4) is 0 Å². The van der Waals surface area contributed by atoms with Crippen molar-refractivity contribution in [1.82, 2.24) is 4.68 Å². The molecule has 1 N–H and O–H groups in total. The van der Waals surface area contributed by atoms with Gasteiger partial charge >= 0.3 is 0 Å². The lowest BCUT2D eigenvalue weighted by Gasteiger charge is -2.08. The maximum absolute atomic E-state index is 13.1. The van der Waals surface area contributed by atoms with Gasteiger partial charge in [0.1, 0.15) is 11.5 Å². The molecule has 0 radical (unpaired) electrons. The molecule has 2 aromatic rings. The van der Waals surface area contributed by atoms with Crippen LogP contribution in [0.25, 0.3) is 0 Å². The molecule has 0 aliphatic rings. The Bertz CT molecular complexity index is 557. The van der Waals surface area contributed by atoms with E-state index in [1.54, 1.807) is 24.5 Å². The zero-order valence-electron chi connectivity index (χ0n) is 8.43. The number of halogens is 2. The molecule has 0 saturated carbocycles. The molecule has 0 aliphatic carbocycles. The molecule has 0 unspecified atom stereocenters. The number of benzene rings is 1. The van der Waals surface area contributed by atoms with Crippen LogP contribution >= 0.6 is 11.6 Å². The molecule has 0 bridgehead atoms. The van der Waals surface area contributed by atoms with Crippen molar-refractivity contribution < 1.29 is 9.31 Å². The van der Waals surface area contributed by atoms with Gasteiger partial charge in [0, 0.05) is 12.4 Å². The van der Waals surface area contributed by atoms with Crippen molar-refractivity contribution in [2.75, 3.05) is 5.43 Å². The molecule has 0 amide bonds. The fourth-order valence-electron chi connectivity index (χ4n) is 1.33. The zero-order chi connectivity index (χ0) is 12.4. The SMILES string of the molecule is O=[N+]([O-])c1cc(F)c(Cl)cc1Nn1cccc1. The van der Waals surface area contributed by atoms with E-state index in [0.717, 1.165) is 6.07 Å². The predicted octanol–water partition coefficient (Wildman–Crippen LogP) is 3.06. The Hall–Kier alpha value is -2.08. The first-order valence-corrected chi connectivity index (χ1v) is 4.99. The number of nitrogens with zero attached hydrogens (tertiary/aromatic N) is 2. The molecule has 1 aromatic heterocycles. The first kappa shape index (κ1) is 11.4. The van der Waals surface area contributed by atoms with Gasteiger partial charge in [0.05, 0.1) is 16.0 Å². The predicted molar refractivity (Wildman–Crippen MR) is 61.5 cm³/mol. The van der Waals surface area contributed by atoms with Crippen molar-refractivity contribution in [2.45, 2.75) is 0 Å². The molecule has 7 heteroatoms. The summed E-state index contributed by atoms with van der Waals surface area (Å²) in [6, 6.07) is 5.44. The Morgan fingerprint density at radius 1 is 1.35 bits per heavy atom. The number of hydrogen-bond acceptors (Lipinski definition) is 3. The van der Waals surface area contributed by atoms with Crippen molar-refractivity contribution in [3.8, 4) is 0 Å². The van der Waals surface area contributed by atoms with Gasteiger partial charge < -0.3 is 0 Å². The second kappa shape index (κ2) is 4.42.